The van der Waals surface area contributed by atoms with Crippen molar-refractivity contribution in [2.45, 2.75) is 39.9 Å². The lowest BCUT2D eigenvalue weighted by atomic mass is 10.0. The van der Waals surface area contributed by atoms with Crippen LogP contribution < -0.4 is 11.2 Å². The second-order valence-corrected chi connectivity index (χ2v) is 9.65. The summed E-state index contributed by atoms with van der Waals surface area (Å²) in [7, 11) is 1.28. The third-order valence-electron chi connectivity index (χ3n) is 6.58. The summed E-state index contributed by atoms with van der Waals surface area (Å²) in [6.45, 7) is 4.68. The Balaban J connectivity index is 1.80. The number of pyridine rings is 1. The molecule has 0 aliphatic heterocycles. The van der Waals surface area contributed by atoms with E-state index in [4.69, 9.17) is 9.84 Å². The molecule has 194 valence electrons. The highest BCUT2D eigenvalue weighted by Gasteiger charge is 2.24. The summed E-state index contributed by atoms with van der Waals surface area (Å²) in [4.78, 5) is 43.4. The van der Waals surface area contributed by atoms with Crippen LogP contribution in [0.5, 0.6) is 0 Å². The van der Waals surface area contributed by atoms with Crippen LogP contribution in [-0.2, 0) is 29.2 Å². The fourth-order valence-electron chi connectivity index (χ4n) is 4.83. The lowest BCUT2D eigenvalue weighted by Gasteiger charge is -2.13. The van der Waals surface area contributed by atoms with Crippen molar-refractivity contribution in [3.63, 3.8) is 0 Å². The molecule has 0 amide bonds. The number of rotatable bonds is 8. The standard InChI is InChI=1S/C29H29N5O4/c1-19(2)17-33-27-25(28(36)32(29(33)37)16-13-24(35)38-3)26(21-11-14-30-15-12-21)34(31-27)18-22-9-6-8-20-7-4-5-10-23(20)22/h4-12,14-15,19H,13,16-18H2,1-3H3. The predicted molar refractivity (Wildman–Crippen MR) is 146 cm³/mol. The van der Waals surface area contributed by atoms with Crippen LogP contribution in [0.1, 0.15) is 25.8 Å². The number of esters is 1. The smallest absolute Gasteiger partial charge is 0.332 e. The Labute approximate surface area is 218 Å². The van der Waals surface area contributed by atoms with Gasteiger partial charge in [0.25, 0.3) is 5.56 Å². The molecule has 5 aromatic rings. The largest absolute Gasteiger partial charge is 0.469 e. The normalized spacial score (nSPS) is 11.5. The second kappa shape index (κ2) is 10.5. The predicted octanol–water partition coefficient (Wildman–Crippen LogP) is 3.84. The number of ether oxygens (including phenoxy) is 1. The zero-order chi connectivity index (χ0) is 26.8. The Morgan fingerprint density at radius 1 is 0.974 bits per heavy atom. The molecule has 0 atom stereocenters. The Bertz CT molecular complexity index is 1740. The summed E-state index contributed by atoms with van der Waals surface area (Å²) >= 11 is 0. The lowest BCUT2D eigenvalue weighted by molar-refractivity contribution is -0.140. The minimum atomic E-state index is -0.493. The van der Waals surface area contributed by atoms with Gasteiger partial charge in [-0.15, -0.1) is 0 Å². The molecule has 9 heteroatoms. The number of carbonyl (C=O) groups is 1. The quantitative estimate of drug-likeness (QED) is 0.294. The van der Waals surface area contributed by atoms with Crippen molar-refractivity contribution in [3.8, 4) is 11.3 Å². The monoisotopic (exact) mass is 511 g/mol. The van der Waals surface area contributed by atoms with Gasteiger partial charge < -0.3 is 4.74 Å². The van der Waals surface area contributed by atoms with E-state index in [2.05, 4.69) is 23.2 Å². The zero-order valence-corrected chi connectivity index (χ0v) is 21.6. The van der Waals surface area contributed by atoms with Crippen molar-refractivity contribution in [1.82, 2.24) is 23.9 Å². The number of benzene rings is 2. The molecule has 3 heterocycles. The Morgan fingerprint density at radius 3 is 2.45 bits per heavy atom. The van der Waals surface area contributed by atoms with E-state index in [0.29, 0.717) is 29.8 Å². The van der Waals surface area contributed by atoms with E-state index in [1.54, 1.807) is 21.6 Å². The molecule has 2 aromatic carbocycles. The van der Waals surface area contributed by atoms with E-state index in [9.17, 15) is 14.4 Å². The van der Waals surface area contributed by atoms with Crippen LogP contribution in [0.15, 0.2) is 76.6 Å². The molecular weight excluding hydrogens is 482 g/mol. The van der Waals surface area contributed by atoms with Crippen molar-refractivity contribution in [2.75, 3.05) is 7.11 Å². The maximum Gasteiger partial charge on any atom is 0.332 e. The number of methoxy groups -OCH3 is 1. The molecule has 5 rings (SSSR count). The first-order valence-corrected chi connectivity index (χ1v) is 12.6. The first-order chi connectivity index (χ1) is 18.4. The molecule has 0 radical (unpaired) electrons. The van der Waals surface area contributed by atoms with E-state index in [1.807, 2.05) is 50.2 Å². The van der Waals surface area contributed by atoms with E-state index >= 15 is 0 Å². The molecule has 9 nitrogen and oxygen atoms in total. The molecule has 38 heavy (non-hydrogen) atoms. The van der Waals surface area contributed by atoms with Crippen LogP contribution >= 0.6 is 0 Å². The highest BCUT2D eigenvalue weighted by atomic mass is 16.5. The van der Waals surface area contributed by atoms with Crippen LogP contribution in [0.4, 0.5) is 0 Å². The number of nitrogens with zero attached hydrogens (tertiary/aromatic N) is 5. The first kappa shape index (κ1) is 25.1. The van der Waals surface area contributed by atoms with Crippen LogP contribution in [0.2, 0.25) is 0 Å². The number of hydrogen-bond donors (Lipinski definition) is 0. The van der Waals surface area contributed by atoms with E-state index in [1.165, 1.54) is 7.11 Å². The zero-order valence-electron chi connectivity index (χ0n) is 21.6. The summed E-state index contributed by atoms with van der Waals surface area (Å²) < 4.78 is 9.21. The molecule has 0 unspecified atom stereocenters. The molecule has 0 fully saturated rings. The molecule has 3 aromatic heterocycles. The molecule has 0 aliphatic rings. The average molecular weight is 512 g/mol. The first-order valence-electron chi connectivity index (χ1n) is 12.6. The SMILES string of the molecule is COC(=O)CCn1c(=O)c2c(-c3ccncc3)n(Cc3cccc4ccccc34)nc2n(CC(C)C)c1=O. The summed E-state index contributed by atoms with van der Waals surface area (Å²) in [5.41, 5.74) is 1.75. The van der Waals surface area contributed by atoms with Gasteiger partial charge in [0.05, 0.1) is 25.8 Å². The number of carbonyl (C=O) groups excluding carboxylic acids is 1. The van der Waals surface area contributed by atoms with Gasteiger partial charge in [-0.05, 0) is 34.4 Å². The van der Waals surface area contributed by atoms with Crippen molar-refractivity contribution in [2.24, 2.45) is 5.92 Å². The van der Waals surface area contributed by atoms with Crippen molar-refractivity contribution in [1.29, 1.82) is 0 Å². The van der Waals surface area contributed by atoms with Crippen molar-refractivity contribution < 1.29 is 9.53 Å². The topological polar surface area (TPSA) is 101 Å². The molecule has 0 bridgehead atoms. The van der Waals surface area contributed by atoms with Gasteiger partial charge in [-0.2, -0.15) is 5.10 Å². The molecule has 0 spiro atoms. The summed E-state index contributed by atoms with van der Waals surface area (Å²) in [6, 6.07) is 17.9. The number of fused-ring (bicyclic) bond motifs is 2. The molecule has 0 saturated carbocycles. The van der Waals surface area contributed by atoms with Crippen LogP contribution in [-0.4, -0.2) is 37.0 Å². The highest BCUT2D eigenvalue weighted by Crippen LogP contribution is 2.28. The summed E-state index contributed by atoms with van der Waals surface area (Å²) in [5, 5.41) is 7.40. The molecular formula is C29H29N5O4. The van der Waals surface area contributed by atoms with E-state index in [-0.39, 0.29) is 18.9 Å². The van der Waals surface area contributed by atoms with Gasteiger partial charge in [-0.1, -0.05) is 56.3 Å². The van der Waals surface area contributed by atoms with Crippen LogP contribution in [0, 0.1) is 5.92 Å². The Morgan fingerprint density at radius 2 is 1.71 bits per heavy atom. The summed E-state index contributed by atoms with van der Waals surface area (Å²) in [5.74, 6) is -0.372. The molecule has 0 N–H and O–H groups in total. The third-order valence-corrected chi connectivity index (χ3v) is 6.58. The van der Waals surface area contributed by atoms with Gasteiger partial charge in [0.15, 0.2) is 5.65 Å². The maximum atomic E-state index is 13.9. The minimum absolute atomic E-state index is 0.0807. The van der Waals surface area contributed by atoms with Crippen LogP contribution in [0.3, 0.4) is 0 Å². The molecule has 0 aliphatic carbocycles. The lowest BCUT2D eigenvalue weighted by Crippen LogP contribution is -2.41. The third kappa shape index (κ3) is 4.63. The van der Waals surface area contributed by atoms with Crippen LogP contribution in [0.25, 0.3) is 33.1 Å². The fraction of sp³-hybridized carbons (Fsp3) is 0.276. The number of aromatic nitrogens is 5. The van der Waals surface area contributed by atoms with Gasteiger partial charge >= 0.3 is 11.7 Å². The van der Waals surface area contributed by atoms with Gasteiger partial charge in [0.1, 0.15) is 5.39 Å². The van der Waals surface area contributed by atoms with Gasteiger partial charge in [0, 0.05) is 31.0 Å². The van der Waals surface area contributed by atoms with Gasteiger partial charge in [-0.25, -0.2) is 4.79 Å². The minimum Gasteiger partial charge on any atom is -0.469 e. The van der Waals surface area contributed by atoms with Crippen molar-refractivity contribution in [3.05, 3.63) is 93.4 Å². The molecule has 0 saturated heterocycles. The fourth-order valence-corrected chi connectivity index (χ4v) is 4.83. The number of hydrogen-bond acceptors (Lipinski definition) is 6. The maximum absolute atomic E-state index is 13.9. The van der Waals surface area contributed by atoms with E-state index in [0.717, 1.165) is 26.5 Å². The summed E-state index contributed by atoms with van der Waals surface area (Å²) in [6.07, 6.45) is 3.24. The second-order valence-electron chi connectivity index (χ2n) is 9.65. The Hall–Kier alpha value is -4.53. The van der Waals surface area contributed by atoms with Gasteiger partial charge in [-0.3, -0.25) is 28.4 Å². The van der Waals surface area contributed by atoms with Gasteiger partial charge in [0.2, 0.25) is 0 Å². The van der Waals surface area contributed by atoms with E-state index < -0.39 is 17.2 Å². The highest BCUT2D eigenvalue weighted by molar-refractivity contribution is 5.91. The van der Waals surface area contributed by atoms with Crippen molar-refractivity contribution >= 4 is 27.8 Å². The Kier molecular flexibility index (Phi) is 6.91. The average Bonchev–Trinajstić information content (AvgIpc) is 3.30.